The number of hydrogen-bond acceptors (Lipinski definition) is 7. The lowest BCUT2D eigenvalue weighted by Crippen LogP contribution is -2.23. The average Bonchev–Trinajstić information content (AvgIpc) is 3.06. The van der Waals surface area contributed by atoms with E-state index in [1.807, 2.05) is 49.4 Å². The van der Waals surface area contributed by atoms with Gasteiger partial charge in [0, 0.05) is 25.1 Å². The summed E-state index contributed by atoms with van der Waals surface area (Å²) in [4.78, 5) is 12.2. The van der Waals surface area contributed by atoms with E-state index in [2.05, 4.69) is 20.6 Å². The summed E-state index contributed by atoms with van der Waals surface area (Å²) in [6.45, 7) is 3.84. The molecule has 0 amide bonds. The minimum absolute atomic E-state index is 0.198. The van der Waals surface area contributed by atoms with Crippen molar-refractivity contribution in [3.63, 3.8) is 0 Å². The van der Waals surface area contributed by atoms with Crippen molar-refractivity contribution in [3.05, 3.63) is 75.7 Å². The number of rotatable bonds is 5. The molecule has 150 valence electrons. The number of hydrogen-bond donors (Lipinski definition) is 0. The molecule has 3 aromatic rings. The molecule has 9 nitrogen and oxygen atoms in total. The smallest absolute Gasteiger partial charge is 0.368 e. The third-order valence-electron chi connectivity index (χ3n) is 4.26. The molecule has 0 aliphatic carbocycles. The van der Waals surface area contributed by atoms with Crippen molar-refractivity contribution >= 4 is 11.8 Å². The second kappa shape index (κ2) is 8.96. The first-order valence-electron chi connectivity index (χ1n) is 8.93. The number of aryl methyl sites for hydroxylation is 2. The van der Waals surface area contributed by atoms with Gasteiger partial charge in [0.2, 0.25) is 11.8 Å². The van der Waals surface area contributed by atoms with Crippen LogP contribution in [0, 0.1) is 6.92 Å². The Hall–Kier alpha value is -3.75. The zero-order chi connectivity index (χ0) is 20.8. The third-order valence-corrected chi connectivity index (χ3v) is 4.26. The van der Waals surface area contributed by atoms with Gasteiger partial charge in [0.05, 0.1) is 12.8 Å². The molecule has 0 unspecified atom stereocenters. The van der Waals surface area contributed by atoms with Gasteiger partial charge in [0.25, 0.3) is 0 Å². The number of tetrazole rings is 1. The minimum atomic E-state index is -0.334. The molecule has 0 fully saturated rings. The van der Waals surface area contributed by atoms with E-state index in [1.54, 1.807) is 20.0 Å². The topological polar surface area (TPSA) is 95.9 Å². The van der Waals surface area contributed by atoms with Crippen LogP contribution in [-0.2, 0) is 23.1 Å². The van der Waals surface area contributed by atoms with Crippen molar-refractivity contribution in [2.24, 2.45) is 17.3 Å². The van der Waals surface area contributed by atoms with Gasteiger partial charge >= 0.3 is 5.69 Å². The SMILES string of the molecule is CO/C(=N\N=C(/C)OCc1c(C)cccc1-n1nnn(C)c1=O)c1ccccc1. The van der Waals surface area contributed by atoms with Crippen LogP contribution in [0.3, 0.4) is 0 Å². The molecule has 1 aromatic heterocycles. The predicted octanol–water partition coefficient (Wildman–Crippen LogP) is 2.22. The van der Waals surface area contributed by atoms with Crippen LogP contribution >= 0.6 is 0 Å². The molecular weight excluding hydrogens is 372 g/mol. The summed E-state index contributed by atoms with van der Waals surface area (Å²) < 4.78 is 13.5. The van der Waals surface area contributed by atoms with Crippen LogP contribution in [0.15, 0.2) is 63.5 Å². The Bertz CT molecular complexity index is 1100. The standard InChI is InChI=1S/C20H22N6O3/c1-14-9-8-12-18(26-20(27)25(3)23-24-26)17(14)13-29-15(2)21-22-19(28-4)16-10-6-5-7-11-16/h5-12H,13H2,1-4H3/b21-15+,22-19-. The molecule has 9 heteroatoms. The predicted molar refractivity (Wildman–Crippen MR) is 109 cm³/mol. The number of methoxy groups -OCH3 is 1. The molecule has 3 rings (SSSR count). The highest BCUT2D eigenvalue weighted by molar-refractivity contribution is 5.94. The fourth-order valence-electron chi connectivity index (χ4n) is 2.66. The first-order chi connectivity index (χ1) is 14.0. The lowest BCUT2D eigenvalue weighted by atomic mass is 10.1. The Labute approximate surface area is 167 Å². The summed E-state index contributed by atoms with van der Waals surface area (Å²) in [5, 5.41) is 15.9. The van der Waals surface area contributed by atoms with Crippen molar-refractivity contribution in [2.45, 2.75) is 20.5 Å². The number of ether oxygens (including phenoxy) is 2. The van der Waals surface area contributed by atoms with E-state index >= 15 is 0 Å². The van der Waals surface area contributed by atoms with Crippen molar-refractivity contribution in [3.8, 4) is 5.69 Å². The van der Waals surface area contributed by atoms with E-state index in [4.69, 9.17) is 9.47 Å². The van der Waals surface area contributed by atoms with Gasteiger partial charge in [-0.25, -0.2) is 4.79 Å². The third kappa shape index (κ3) is 4.57. The maximum Gasteiger partial charge on any atom is 0.368 e. The molecular formula is C20H22N6O3. The van der Waals surface area contributed by atoms with Crippen LogP contribution < -0.4 is 5.69 Å². The fraction of sp³-hybridized carbons (Fsp3) is 0.250. The summed E-state index contributed by atoms with van der Waals surface area (Å²) >= 11 is 0. The van der Waals surface area contributed by atoms with Gasteiger partial charge in [-0.2, -0.15) is 9.36 Å². The number of aromatic nitrogens is 4. The Balaban J connectivity index is 1.81. The molecule has 0 N–H and O–H groups in total. The van der Waals surface area contributed by atoms with Gasteiger partial charge in [0.15, 0.2) is 0 Å². The minimum Gasteiger partial charge on any atom is -0.479 e. The second-order valence-electron chi connectivity index (χ2n) is 6.25. The van der Waals surface area contributed by atoms with Gasteiger partial charge in [-0.1, -0.05) is 30.3 Å². The summed E-state index contributed by atoms with van der Waals surface area (Å²) in [5.41, 5.74) is 2.86. The highest BCUT2D eigenvalue weighted by Crippen LogP contribution is 2.18. The lowest BCUT2D eigenvalue weighted by Gasteiger charge is -2.12. The molecule has 0 atom stereocenters. The highest BCUT2D eigenvalue weighted by atomic mass is 16.5. The summed E-state index contributed by atoms with van der Waals surface area (Å²) in [6.07, 6.45) is 0. The molecule has 0 aliphatic heterocycles. The van der Waals surface area contributed by atoms with Gasteiger partial charge in [0.1, 0.15) is 6.61 Å². The molecule has 29 heavy (non-hydrogen) atoms. The summed E-state index contributed by atoms with van der Waals surface area (Å²) in [5.74, 6) is 0.743. The number of benzene rings is 2. The van der Waals surface area contributed by atoms with E-state index in [0.717, 1.165) is 16.7 Å². The van der Waals surface area contributed by atoms with Crippen LogP contribution in [0.25, 0.3) is 5.69 Å². The molecule has 0 saturated heterocycles. The summed E-state index contributed by atoms with van der Waals surface area (Å²) in [7, 11) is 3.09. The zero-order valence-electron chi connectivity index (χ0n) is 16.7. The van der Waals surface area contributed by atoms with E-state index in [1.165, 1.54) is 16.5 Å². The Morgan fingerprint density at radius 1 is 1.07 bits per heavy atom. The number of nitrogens with zero attached hydrogens (tertiary/aromatic N) is 6. The monoisotopic (exact) mass is 394 g/mol. The second-order valence-corrected chi connectivity index (χ2v) is 6.25. The van der Waals surface area contributed by atoms with Crippen LogP contribution in [0.5, 0.6) is 0 Å². The quantitative estimate of drug-likeness (QED) is 0.376. The molecule has 0 bridgehead atoms. The summed E-state index contributed by atoms with van der Waals surface area (Å²) in [6, 6.07) is 15.0. The lowest BCUT2D eigenvalue weighted by molar-refractivity contribution is 0.287. The Kier molecular flexibility index (Phi) is 6.18. The van der Waals surface area contributed by atoms with Crippen molar-refractivity contribution in [1.82, 2.24) is 19.8 Å². The van der Waals surface area contributed by atoms with Gasteiger partial charge < -0.3 is 9.47 Å². The van der Waals surface area contributed by atoms with Crippen molar-refractivity contribution in [1.29, 1.82) is 0 Å². The highest BCUT2D eigenvalue weighted by Gasteiger charge is 2.13. The molecule has 0 radical (unpaired) electrons. The fourth-order valence-corrected chi connectivity index (χ4v) is 2.66. The molecule has 0 aliphatic rings. The van der Waals surface area contributed by atoms with E-state index in [-0.39, 0.29) is 12.3 Å². The van der Waals surface area contributed by atoms with Gasteiger partial charge in [-0.05, 0) is 41.1 Å². The van der Waals surface area contributed by atoms with Gasteiger partial charge in [-0.15, -0.1) is 10.2 Å². The maximum atomic E-state index is 12.2. The van der Waals surface area contributed by atoms with E-state index in [0.29, 0.717) is 17.5 Å². The molecule has 2 aromatic carbocycles. The van der Waals surface area contributed by atoms with Crippen LogP contribution in [0.4, 0.5) is 0 Å². The van der Waals surface area contributed by atoms with Crippen LogP contribution in [0.1, 0.15) is 23.6 Å². The van der Waals surface area contributed by atoms with Crippen LogP contribution in [0.2, 0.25) is 0 Å². The van der Waals surface area contributed by atoms with Crippen molar-refractivity contribution < 1.29 is 9.47 Å². The first kappa shape index (κ1) is 20.0. The van der Waals surface area contributed by atoms with Gasteiger partial charge in [-0.3, -0.25) is 0 Å². The first-order valence-corrected chi connectivity index (χ1v) is 8.93. The zero-order valence-corrected chi connectivity index (χ0v) is 16.7. The normalized spacial score (nSPS) is 12.1. The molecule has 1 heterocycles. The van der Waals surface area contributed by atoms with Crippen molar-refractivity contribution in [2.75, 3.05) is 7.11 Å². The molecule has 0 spiro atoms. The van der Waals surface area contributed by atoms with E-state index < -0.39 is 0 Å². The van der Waals surface area contributed by atoms with Crippen LogP contribution in [-0.4, -0.2) is 38.7 Å². The maximum absolute atomic E-state index is 12.2. The Morgan fingerprint density at radius 2 is 1.83 bits per heavy atom. The van der Waals surface area contributed by atoms with E-state index in [9.17, 15) is 4.79 Å². The molecule has 0 saturated carbocycles. The Morgan fingerprint density at radius 3 is 2.48 bits per heavy atom. The largest absolute Gasteiger partial charge is 0.479 e. The average molecular weight is 394 g/mol.